The van der Waals surface area contributed by atoms with Crippen LogP contribution < -0.4 is 4.74 Å². The first-order valence-corrected chi connectivity index (χ1v) is 4.82. The van der Waals surface area contributed by atoms with Gasteiger partial charge in [0.05, 0.1) is 7.11 Å². The lowest BCUT2D eigenvalue weighted by molar-refractivity contribution is -0.137. The van der Waals surface area contributed by atoms with Gasteiger partial charge in [-0.2, -0.15) is 0 Å². The average Bonchev–Trinajstić information content (AvgIpc) is 2.22. The van der Waals surface area contributed by atoms with Crippen LogP contribution in [-0.2, 0) is 11.2 Å². The number of phenolic OH excluding ortho intramolecular Hbond substituents is 1. The molecule has 1 aromatic rings. The Labute approximate surface area is 92.3 Å². The highest BCUT2D eigenvalue weighted by Crippen LogP contribution is 2.31. The largest absolute Gasteiger partial charge is 0.504 e. The SMILES string of the molecule is COc1c(O)ccc(CCCC(=O)O)c1F. The lowest BCUT2D eigenvalue weighted by Crippen LogP contribution is -1.99. The molecule has 0 aliphatic heterocycles. The lowest BCUT2D eigenvalue weighted by atomic mass is 10.1. The standard InChI is InChI=1S/C11H13FO4/c1-16-11-8(13)6-5-7(10(11)12)3-2-4-9(14)15/h5-6,13H,2-4H2,1H3,(H,14,15). The summed E-state index contributed by atoms with van der Waals surface area (Å²) in [7, 11) is 1.26. The van der Waals surface area contributed by atoms with Gasteiger partial charge in [0.15, 0.2) is 17.3 Å². The fourth-order valence-corrected chi connectivity index (χ4v) is 1.40. The maximum absolute atomic E-state index is 13.6. The molecule has 0 aromatic heterocycles. The molecule has 0 fully saturated rings. The van der Waals surface area contributed by atoms with E-state index >= 15 is 0 Å². The normalized spacial score (nSPS) is 10.1. The molecule has 0 unspecified atom stereocenters. The zero-order valence-corrected chi connectivity index (χ0v) is 8.86. The number of hydrogen-bond acceptors (Lipinski definition) is 3. The summed E-state index contributed by atoms with van der Waals surface area (Å²) in [6.45, 7) is 0. The summed E-state index contributed by atoms with van der Waals surface area (Å²) in [5, 5.41) is 17.7. The van der Waals surface area contributed by atoms with E-state index in [-0.39, 0.29) is 17.9 Å². The second kappa shape index (κ2) is 5.34. The number of hydrogen-bond donors (Lipinski definition) is 2. The average molecular weight is 228 g/mol. The molecule has 5 heteroatoms. The van der Waals surface area contributed by atoms with Crippen molar-refractivity contribution >= 4 is 5.97 Å². The van der Waals surface area contributed by atoms with Crippen LogP contribution >= 0.6 is 0 Å². The maximum Gasteiger partial charge on any atom is 0.303 e. The fourth-order valence-electron chi connectivity index (χ4n) is 1.40. The number of carboxylic acids is 1. The zero-order chi connectivity index (χ0) is 12.1. The first-order valence-electron chi connectivity index (χ1n) is 4.82. The second-order valence-electron chi connectivity index (χ2n) is 3.34. The van der Waals surface area contributed by atoms with Gasteiger partial charge in [-0.05, 0) is 24.5 Å². The molecule has 0 spiro atoms. The van der Waals surface area contributed by atoms with Crippen molar-refractivity contribution in [1.29, 1.82) is 0 Å². The van der Waals surface area contributed by atoms with Gasteiger partial charge in [0.1, 0.15) is 0 Å². The highest BCUT2D eigenvalue weighted by atomic mass is 19.1. The summed E-state index contributed by atoms with van der Waals surface area (Å²) in [4.78, 5) is 10.3. The smallest absolute Gasteiger partial charge is 0.303 e. The fraction of sp³-hybridized carbons (Fsp3) is 0.364. The quantitative estimate of drug-likeness (QED) is 0.808. The van der Waals surface area contributed by atoms with Gasteiger partial charge in [0.25, 0.3) is 0 Å². The van der Waals surface area contributed by atoms with Gasteiger partial charge in [-0.1, -0.05) is 6.07 Å². The van der Waals surface area contributed by atoms with Gasteiger partial charge >= 0.3 is 5.97 Å². The molecule has 88 valence electrons. The number of benzene rings is 1. The minimum absolute atomic E-state index is 0.0113. The van der Waals surface area contributed by atoms with Crippen molar-refractivity contribution in [3.05, 3.63) is 23.5 Å². The van der Waals surface area contributed by atoms with E-state index < -0.39 is 11.8 Å². The number of aryl methyl sites for hydroxylation is 1. The number of phenols is 1. The molecule has 0 saturated carbocycles. The van der Waals surface area contributed by atoms with E-state index in [2.05, 4.69) is 0 Å². The third-order valence-corrected chi connectivity index (χ3v) is 2.20. The van der Waals surface area contributed by atoms with Crippen LogP contribution in [0.3, 0.4) is 0 Å². The Hall–Kier alpha value is -1.78. The number of methoxy groups -OCH3 is 1. The monoisotopic (exact) mass is 228 g/mol. The highest BCUT2D eigenvalue weighted by molar-refractivity contribution is 5.66. The Morgan fingerprint density at radius 2 is 2.19 bits per heavy atom. The molecule has 0 aliphatic rings. The molecule has 0 radical (unpaired) electrons. The molecule has 2 N–H and O–H groups in total. The van der Waals surface area contributed by atoms with Gasteiger partial charge in [-0.3, -0.25) is 4.79 Å². The molecule has 0 amide bonds. The van der Waals surface area contributed by atoms with Gasteiger partial charge in [0, 0.05) is 6.42 Å². The van der Waals surface area contributed by atoms with Crippen molar-refractivity contribution in [1.82, 2.24) is 0 Å². The van der Waals surface area contributed by atoms with E-state index in [0.717, 1.165) is 0 Å². The molecule has 0 saturated heterocycles. The predicted molar refractivity (Wildman–Crippen MR) is 55.2 cm³/mol. The first kappa shape index (κ1) is 12.3. The Bertz CT molecular complexity index is 390. The van der Waals surface area contributed by atoms with E-state index in [9.17, 15) is 14.3 Å². The summed E-state index contributed by atoms with van der Waals surface area (Å²) in [6.07, 6.45) is 0.636. The Kier molecular flexibility index (Phi) is 4.10. The van der Waals surface area contributed by atoms with Gasteiger partial charge in [-0.15, -0.1) is 0 Å². The zero-order valence-electron chi connectivity index (χ0n) is 8.86. The van der Waals surface area contributed by atoms with E-state index in [4.69, 9.17) is 9.84 Å². The Morgan fingerprint density at radius 1 is 1.50 bits per heavy atom. The summed E-state index contributed by atoms with van der Waals surface area (Å²) in [5.41, 5.74) is 0.343. The molecule has 16 heavy (non-hydrogen) atoms. The maximum atomic E-state index is 13.6. The van der Waals surface area contributed by atoms with Crippen molar-refractivity contribution in [2.24, 2.45) is 0 Å². The third kappa shape index (κ3) is 2.85. The second-order valence-corrected chi connectivity index (χ2v) is 3.34. The van der Waals surface area contributed by atoms with Crippen molar-refractivity contribution in [2.75, 3.05) is 7.11 Å². The summed E-state index contributed by atoms with van der Waals surface area (Å²) in [5.74, 6) is -2.01. The predicted octanol–water partition coefficient (Wildman–Crippen LogP) is 1.95. The van der Waals surface area contributed by atoms with Crippen LogP contribution in [-0.4, -0.2) is 23.3 Å². The molecule has 4 nitrogen and oxygen atoms in total. The number of carbonyl (C=O) groups is 1. The lowest BCUT2D eigenvalue weighted by Gasteiger charge is -2.08. The minimum atomic E-state index is -0.911. The van der Waals surface area contributed by atoms with Crippen molar-refractivity contribution in [3.8, 4) is 11.5 Å². The van der Waals surface area contributed by atoms with Gasteiger partial charge in [-0.25, -0.2) is 4.39 Å². The van der Waals surface area contributed by atoms with Gasteiger partial charge in [0.2, 0.25) is 0 Å². The van der Waals surface area contributed by atoms with E-state index in [1.807, 2.05) is 0 Å². The van der Waals surface area contributed by atoms with E-state index in [1.165, 1.54) is 19.2 Å². The van der Waals surface area contributed by atoms with Crippen LogP contribution in [0.5, 0.6) is 11.5 Å². The molecular formula is C11H13FO4. The van der Waals surface area contributed by atoms with Crippen LogP contribution in [0.2, 0.25) is 0 Å². The first-order chi connectivity index (χ1) is 7.56. The van der Waals surface area contributed by atoms with Crippen LogP contribution in [0.25, 0.3) is 0 Å². The van der Waals surface area contributed by atoms with E-state index in [1.54, 1.807) is 0 Å². The molecule has 0 bridgehead atoms. The summed E-state index contributed by atoms with van der Waals surface area (Å²) >= 11 is 0. The van der Waals surface area contributed by atoms with Crippen LogP contribution in [0.1, 0.15) is 18.4 Å². The Balaban J connectivity index is 2.77. The number of carboxylic acid groups (broad SMARTS) is 1. The topological polar surface area (TPSA) is 66.8 Å². The van der Waals surface area contributed by atoms with Crippen LogP contribution in [0.15, 0.2) is 12.1 Å². The number of rotatable bonds is 5. The molecule has 1 rings (SSSR count). The van der Waals surface area contributed by atoms with E-state index in [0.29, 0.717) is 18.4 Å². The molecular weight excluding hydrogens is 215 g/mol. The number of aliphatic carboxylic acids is 1. The number of ether oxygens (including phenoxy) is 1. The van der Waals surface area contributed by atoms with Crippen molar-refractivity contribution in [3.63, 3.8) is 0 Å². The summed E-state index contributed by atoms with van der Waals surface area (Å²) in [6, 6.07) is 2.76. The Morgan fingerprint density at radius 3 is 2.75 bits per heavy atom. The molecule has 0 atom stereocenters. The van der Waals surface area contributed by atoms with Crippen molar-refractivity contribution in [2.45, 2.75) is 19.3 Å². The highest BCUT2D eigenvalue weighted by Gasteiger charge is 2.13. The molecule has 0 aliphatic carbocycles. The van der Waals surface area contributed by atoms with Crippen LogP contribution in [0, 0.1) is 5.82 Å². The summed E-state index contributed by atoms with van der Waals surface area (Å²) < 4.78 is 18.3. The third-order valence-electron chi connectivity index (χ3n) is 2.20. The van der Waals surface area contributed by atoms with Gasteiger partial charge < -0.3 is 14.9 Å². The van der Waals surface area contributed by atoms with Crippen molar-refractivity contribution < 1.29 is 24.1 Å². The minimum Gasteiger partial charge on any atom is -0.504 e. The number of halogens is 1. The van der Waals surface area contributed by atoms with Crippen LogP contribution in [0.4, 0.5) is 4.39 Å². The number of aromatic hydroxyl groups is 1. The molecule has 1 aromatic carbocycles. The molecule has 0 heterocycles.